The normalized spacial score (nSPS) is 19.2. The molecular weight excluding hydrogens is 268 g/mol. The van der Waals surface area contributed by atoms with E-state index in [0.717, 1.165) is 19.5 Å². The predicted molar refractivity (Wildman–Crippen MR) is 79.0 cm³/mol. The van der Waals surface area contributed by atoms with Gasteiger partial charge in [-0.3, -0.25) is 0 Å². The first-order chi connectivity index (χ1) is 10.3. The molecule has 116 valence electrons. The highest BCUT2D eigenvalue weighted by atomic mass is 16.5. The van der Waals surface area contributed by atoms with E-state index in [0.29, 0.717) is 19.1 Å². The minimum atomic E-state index is -0.704. The summed E-state index contributed by atoms with van der Waals surface area (Å²) in [5, 5.41) is 3.38. The van der Waals surface area contributed by atoms with Gasteiger partial charge < -0.3 is 20.4 Å². The lowest BCUT2D eigenvalue weighted by molar-refractivity contribution is 0.151. The van der Waals surface area contributed by atoms with Crippen LogP contribution in [0.25, 0.3) is 0 Å². The second-order valence-electron chi connectivity index (χ2n) is 5.94. The number of primary amides is 1. The van der Waals surface area contributed by atoms with Crippen LogP contribution in [0.4, 0.5) is 4.79 Å². The third kappa shape index (κ3) is 3.20. The lowest BCUT2D eigenvalue weighted by Gasteiger charge is -2.23. The highest BCUT2D eigenvalue weighted by Gasteiger charge is 2.26. The number of fused-ring (bicyclic) bond motifs is 1. The van der Waals surface area contributed by atoms with E-state index < -0.39 is 6.09 Å². The Morgan fingerprint density at radius 3 is 2.95 bits per heavy atom. The molecule has 1 saturated carbocycles. The summed E-state index contributed by atoms with van der Waals surface area (Å²) < 4.78 is 7.21. The van der Waals surface area contributed by atoms with Crippen LogP contribution in [0.1, 0.15) is 55.2 Å². The zero-order chi connectivity index (χ0) is 14.7. The first-order valence-electron chi connectivity index (χ1n) is 7.97. The molecule has 1 aliphatic heterocycles. The van der Waals surface area contributed by atoms with E-state index in [-0.39, 0.29) is 0 Å². The monoisotopic (exact) mass is 292 g/mol. The van der Waals surface area contributed by atoms with E-state index in [1.807, 2.05) is 0 Å². The largest absolute Gasteiger partial charge is 0.448 e. The summed E-state index contributed by atoms with van der Waals surface area (Å²) in [7, 11) is 0. The maximum absolute atomic E-state index is 10.8. The smallest absolute Gasteiger partial charge is 0.404 e. The van der Waals surface area contributed by atoms with Crippen molar-refractivity contribution < 1.29 is 9.53 Å². The van der Waals surface area contributed by atoms with Gasteiger partial charge in [0.2, 0.25) is 0 Å². The van der Waals surface area contributed by atoms with Crippen molar-refractivity contribution in [3.05, 3.63) is 17.2 Å². The van der Waals surface area contributed by atoms with Crippen molar-refractivity contribution in [1.29, 1.82) is 0 Å². The number of nitrogens with zero attached hydrogens (tertiary/aromatic N) is 2. The summed E-state index contributed by atoms with van der Waals surface area (Å²) in [6.45, 7) is 2.82. The number of carbonyl (C=O) groups is 1. The van der Waals surface area contributed by atoms with Gasteiger partial charge in [0.15, 0.2) is 0 Å². The molecule has 0 atom stereocenters. The minimum Gasteiger partial charge on any atom is -0.448 e. The molecular formula is C15H24N4O2. The molecule has 1 amide bonds. The van der Waals surface area contributed by atoms with Gasteiger partial charge in [0.25, 0.3) is 0 Å². The molecule has 6 heteroatoms. The molecule has 1 aliphatic carbocycles. The van der Waals surface area contributed by atoms with Gasteiger partial charge in [-0.15, -0.1) is 0 Å². The van der Waals surface area contributed by atoms with Crippen LogP contribution in [0, 0.1) is 0 Å². The number of ether oxygens (including phenoxy) is 1. The lowest BCUT2D eigenvalue weighted by atomic mass is 9.88. The Morgan fingerprint density at radius 2 is 2.19 bits per heavy atom. The maximum Gasteiger partial charge on any atom is 0.404 e. The standard InChI is InChI=1S/C15H24N4O2/c16-15(20)21-9-8-19-13-6-7-17-10-12(13)18-14(19)11-4-2-1-3-5-11/h11,17H,1-10H2,(H2,16,20). The van der Waals surface area contributed by atoms with Crippen molar-refractivity contribution in [1.82, 2.24) is 14.9 Å². The molecule has 0 aromatic carbocycles. The van der Waals surface area contributed by atoms with Gasteiger partial charge in [0, 0.05) is 31.1 Å². The number of rotatable bonds is 4. The molecule has 0 bridgehead atoms. The van der Waals surface area contributed by atoms with E-state index >= 15 is 0 Å². The first-order valence-corrected chi connectivity index (χ1v) is 7.97. The zero-order valence-corrected chi connectivity index (χ0v) is 12.4. The van der Waals surface area contributed by atoms with Crippen LogP contribution in [0.2, 0.25) is 0 Å². The molecule has 21 heavy (non-hydrogen) atoms. The number of nitrogens with two attached hydrogens (primary N) is 1. The fraction of sp³-hybridized carbons (Fsp3) is 0.733. The maximum atomic E-state index is 10.8. The molecule has 3 rings (SSSR count). The minimum absolute atomic E-state index is 0.325. The van der Waals surface area contributed by atoms with Crippen LogP contribution in [0.5, 0.6) is 0 Å². The fourth-order valence-corrected chi connectivity index (χ4v) is 3.55. The Kier molecular flexibility index (Phi) is 4.43. The highest BCUT2D eigenvalue weighted by Crippen LogP contribution is 2.33. The SMILES string of the molecule is NC(=O)OCCn1c(C2CCCCC2)nc2c1CCNC2. The van der Waals surface area contributed by atoms with Gasteiger partial charge in [-0.1, -0.05) is 19.3 Å². The highest BCUT2D eigenvalue weighted by molar-refractivity contribution is 5.64. The lowest BCUT2D eigenvalue weighted by Crippen LogP contribution is -2.26. The van der Waals surface area contributed by atoms with E-state index in [4.69, 9.17) is 15.5 Å². The molecule has 6 nitrogen and oxygen atoms in total. The molecule has 2 aliphatic rings. The van der Waals surface area contributed by atoms with Crippen LogP contribution >= 0.6 is 0 Å². The van der Waals surface area contributed by atoms with Crippen molar-refractivity contribution in [2.75, 3.05) is 13.2 Å². The number of hydrogen-bond donors (Lipinski definition) is 2. The number of nitrogens with one attached hydrogen (secondary N) is 1. The zero-order valence-electron chi connectivity index (χ0n) is 12.4. The summed E-state index contributed by atoms with van der Waals surface area (Å²) >= 11 is 0. The number of carbonyl (C=O) groups excluding carboxylic acids is 1. The van der Waals surface area contributed by atoms with Gasteiger partial charge in [-0.05, 0) is 12.8 Å². The van der Waals surface area contributed by atoms with Crippen molar-refractivity contribution in [3.63, 3.8) is 0 Å². The van der Waals surface area contributed by atoms with E-state index in [1.54, 1.807) is 0 Å². The van der Waals surface area contributed by atoms with Crippen LogP contribution in [-0.2, 0) is 24.2 Å². The third-order valence-corrected chi connectivity index (χ3v) is 4.55. The second kappa shape index (κ2) is 6.47. The Labute approximate surface area is 125 Å². The summed E-state index contributed by atoms with van der Waals surface area (Å²) in [6.07, 6.45) is 6.65. The molecule has 3 N–H and O–H groups in total. The van der Waals surface area contributed by atoms with E-state index in [9.17, 15) is 4.79 Å². The van der Waals surface area contributed by atoms with Crippen LogP contribution in [0.15, 0.2) is 0 Å². The van der Waals surface area contributed by atoms with Crippen molar-refractivity contribution in [2.45, 2.75) is 57.5 Å². The van der Waals surface area contributed by atoms with Gasteiger partial charge in [-0.25, -0.2) is 9.78 Å². The van der Waals surface area contributed by atoms with E-state index in [1.165, 1.54) is 49.3 Å². The van der Waals surface area contributed by atoms with Crippen LogP contribution in [0.3, 0.4) is 0 Å². The van der Waals surface area contributed by atoms with Crippen molar-refractivity contribution in [2.24, 2.45) is 5.73 Å². The molecule has 1 aromatic rings. The third-order valence-electron chi connectivity index (χ3n) is 4.55. The molecule has 1 fully saturated rings. The number of aromatic nitrogens is 2. The number of imidazole rings is 1. The topological polar surface area (TPSA) is 82.2 Å². The van der Waals surface area contributed by atoms with Gasteiger partial charge in [0.1, 0.15) is 12.4 Å². The second-order valence-corrected chi connectivity index (χ2v) is 5.94. The van der Waals surface area contributed by atoms with Crippen LogP contribution < -0.4 is 11.1 Å². The molecule has 1 aromatic heterocycles. The summed E-state index contributed by atoms with van der Waals surface area (Å²) in [5.74, 6) is 1.74. The van der Waals surface area contributed by atoms with Gasteiger partial charge in [0.05, 0.1) is 12.2 Å². The quantitative estimate of drug-likeness (QED) is 0.884. The molecule has 0 unspecified atom stereocenters. The first kappa shape index (κ1) is 14.4. The predicted octanol–water partition coefficient (Wildman–Crippen LogP) is 1.67. The number of amides is 1. The van der Waals surface area contributed by atoms with Crippen molar-refractivity contribution in [3.8, 4) is 0 Å². The fourth-order valence-electron chi connectivity index (χ4n) is 3.55. The summed E-state index contributed by atoms with van der Waals surface area (Å²) in [6, 6.07) is 0. The van der Waals surface area contributed by atoms with Gasteiger partial charge in [-0.2, -0.15) is 0 Å². The summed E-state index contributed by atoms with van der Waals surface area (Å²) in [4.78, 5) is 15.7. The molecule has 0 spiro atoms. The molecule has 2 heterocycles. The average Bonchev–Trinajstić information content (AvgIpc) is 2.87. The Bertz CT molecular complexity index is 506. The molecule has 0 saturated heterocycles. The molecule has 0 radical (unpaired) electrons. The summed E-state index contributed by atoms with van der Waals surface area (Å²) in [5.41, 5.74) is 7.53. The number of hydrogen-bond acceptors (Lipinski definition) is 4. The van der Waals surface area contributed by atoms with E-state index in [2.05, 4.69) is 9.88 Å². The Hall–Kier alpha value is -1.56. The van der Waals surface area contributed by atoms with Gasteiger partial charge >= 0.3 is 6.09 Å². The average molecular weight is 292 g/mol. The van der Waals surface area contributed by atoms with Crippen molar-refractivity contribution >= 4 is 6.09 Å². The Balaban J connectivity index is 1.82. The Morgan fingerprint density at radius 1 is 1.38 bits per heavy atom. The van der Waals surface area contributed by atoms with Crippen LogP contribution in [-0.4, -0.2) is 28.8 Å².